The van der Waals surface area contributed by atoms with Gasteiger partial charge in [-0.05, 0) is 25.0 Å². The van der Waals surface area contributed by atoms with E-state index in [1.165, 1.54) is 7.05 Å². The Morgan fingerprint density at radius 1 is 1.25 bits per heavy atom. The molecular formula is C16H19F3N6O2S. The van der Waals surface area contributed by atoms with Crippen molar-refractivity contribution in [3.05, 3.63) is 35.2 Å². The summed E-state index contributed by atoms with van der Waals surface area (Å²) in [5.74, 6) is 2.84. The summed E-state index contributed by atoms with van der Waals surface area (Å²) in [7, 11) is 1.42. The highest BCUT2D eigenvalue weighted by molar-refractivity contribution is 7.99. The standard InChI is InChI=1S/C16H19F3N6O2S/c1-9-5-4-6-10(2)13(9)21-11(26)7-24(3)12(27)8-28-15-23-22-14(25(15)20)16(17,18)19/h4-6H,7-8,20H2,1-3H3,(H,21,26). The maximum absolute atomic E-state index is 12.6. The normalized spacial score (nSPS) is 11.4. The smallest absolute Gasteiger partial charge is 0.336 e. The molecule has 2 amide bonds. The molecule has 2 aromatic rings. The molecule has 0 radical (unpaired) electrons. The fraction of sp³-hybridized carbons (Fsp3) is 0.375. The number of hydrogen-bond donors (Lipinski definition) is 2. The first-order valence-electron chi connectivity index (χ1n) is 8.01. The predicted octanol–water partition coefficient (Wildman–Crippen LogP) is 1.82. The van der Waals surface area contributed by atoms with Gasteiger partial charge in [-0.3, -0.25) is 9.59 Å². The molecule has 12 heteroatoms. The molecule has 0 fully saturated rings. The number of nitrogens with one attached hydrogen (secondary N) is 1. The van der Waals surface area contributed by atoms with Crippen molar-refractivity contribution in [2.24, 2.45) is 0 Å². The van der Waals surface area contributed by atoms with E-state index in [-0.39, 0.29) is 28.0 Å². The summed E-state index contributed by atoms with van der Waals surface area (Å²) in [5.41, 5.74) is 2.46. The van der Waals surface area contributed by atoms with Crippen LogP contribution in [0.4, 0.5) is 18.9 Å². The van der Waals surface area contributed by atoms with E-state index in [0.29, 0.717) is 17.4 Å². The van der Waals surface area contributed by atoms with Crippen LogP contribution >= 0.6 is 11.8 Å². The van der Waals surface area contributed by atoms with Gasteiger partial charge in [0.05, 0.1) is 12.3 Å². The number of likely N-dealkylation sites (N-methyl/N-ethyl adjacent to an activating group) is 1. The van der Waals surface area contributed by atoms with Gasteiger partial charge in [0, 0.05) is 12.7 Å². The minimum absolute atomic E-state index is 0.212. The molecule has 8 nitrogen and oxygen atoms in total. The lowest BCUT2D eigenvalue weighted by molar-refractivity contribution is -0.146. The zero-order valence-corrected chi connectivity index (χ0v) is 16.2. The Kier molecular flexibility index (Phi) is 6.54. The van der Waals surface area contributed by atoms with Crippen LogP contribution in [0.5, 0.6) is 0 Å². The molecule has 28 heavy (non-hydrogen) atoms. The van der Waals surface area contributed by atoms with Gasteiger partial charge in [-0.2, -0.15) is 13.2 Å². The second kappa shape index (κ2) is 8.50. The van der Waals surface area contributed by atoms with Gasteiger partial charge in [0.25, 0.3) is 5.82 Å². The molecule has 0 atom stereocenters. The molecule has 0 aliphatic rings. The van der Waals surface area contributed by atoms with Crippen molar-refractivity contribution in [3.63, 3.8) is 0 Å². The number of aryl methyl sites for hydroxylation is 2. The van der Waals surface area contributed by atoms with Gasteiger partial charge in [0.15, 0.2) is 0 Å². The molecule has 0 unspecified atom stereocenters. The van der Waals surface area contributed by atoms with Crippen molar-refractivity contribution >= 4 is 29.3 Å². The summed E-state index contributed by atoms with van der Waals surface area (Å²) in [6, 6.07) is 5.58. The summed E-state index contributed by atoms with van der Waals surface area (Å²) < 4.78 is 38.2. The summed E-state index contributed by atoms with van der Waals surface area (Å²) in [5, 5.41) is 8.81. The molecule has 1 aromatic heterocycles. The van der Waals surface area contributed by atoms with Gasteiger partial charge in [0.2, 0.25) is 17.0 Å². The van der Waals surface area contributed by atoms with Crippen LogP contribution in [0.3, 0.4) is 0 Å². The highest BCUT2D eigenvalue weighted by Gasteiger charge is 2.38. The number of nitrogens with zero attached hydrogens (tertiary/aromatic N) is 4. The number of amides is 2. The molecule has 3 N–H and O–H groups in total. The SMILES string of the molecule is Cc1cccc(C)c1NC(=O)CN(C)C(=O)CSc1nnc(C(F)(F)F)n1N. The lowest BCUT2D eigenvalue weighted by Gasteiger charge is -2.18. The number of hydrogen-bond acceptors (Lipinski definition) is 6. The lowest BCUT2D eigenvalue weighted by atomic mass is 10.1. The zero-order chi connectivity index (χ0) is 21.1. The third kappa shape index (κ3) is 5.15. The maximum atomic E-state index is 12.6. The minimum Gasteiger partial charge on any atom is -0.336 e. The van der Waals surface area contributed by atoms with Crippen LogP contribution in [0.15, 0.2) is 23.4 Å². The van der Waals surface area contributed by atoms with Gasteiger partial charge < -0.3 is 16.1 Å². The molecule has 2 rings (SSSR count). The van der Waals surface area contributed by atoms with Crippen molar-refractivity contribution in [1.29, 1.82) is 0 Å². The fourth-order valence-corrected chi connectivity index (χ4v) is 3.10. The number of carbonyl (C=O) groups is 2. The average molecular weight is 416 g/mol. The molecule has 0 aliphatic carbocycles. The van der Waals surface area contributed by atoms with Crippen molar-refractivity contribution in [2.45, 2.75) is 25.2 Å². The first-order chi connectivity index (χ1) is 13.0. The van der Waals surface area contributed by atoms with Crippen LogP contribution in [-0.4, -0.2) is 50.9 Å². The van der Waals surface area contributed by atoms with Crippen LogP contribution in [0.2, 0.25) is 0 Å². The van der Waals surface area contributed by atoms with Crippen LogP contribution in [-0.2, 0) is 15.8 Å². The van der Waals surface area contributed by atoms with Gasteiger partial charge in [-0.1, -0.05) is 30.0 Å². The Morgan fingerprint density at radius 2 is 1.86 bits per heavy atom. The second-order valence-corrected chi connectivity index (χ2v) is 6.97. The number of anilines is 1. The molecule has 1 aromatic carbocycles. The number of nitrogens with two attached hydrogens (primary N) is 1. The number of halogens is 3. The number of aromatic nitrogens is 3. The van der Waals surface area contributed by atoms with Gasteiger partial charge in [-0.25, -0.2) is 4.68 Å². The summed E-state index contributed by atoms with van der Waals surface area (Å²) >= 11 is 0.698. The Bertz CT molecular complexity index is 863. The number of rotatable bonds is 6. The fourth-order valence-electron chi connectivity index (χ4n) is 2.30. The largest absolute Gasteiger partial charge is 0.453 e. The van der Waals surface area contributed by atoms with Crippen molar-refractivity contribution in [3.8, 4) is 0 Å². The Labute approximate surface area is 163 Å². The van der Waals surface area contributed by atoms with E-state index in [1.807, 2.05) is 32.0 Å². The van der Waals surface area contributed by atoms with E-state index >= 15 is 0 Å². The number of carbonyl (C=O) groups excluding carboxylic acids is 2. The quantitative estimate of drug-likeness (QED) is 0.550. The first-order valence-corrected chi connectivity index (χ1v) is 8.99. The first kappa shape index (κ1) is 21.5. The van der Waals surface area contributed by atoms with E-state index < -0.39 is 17.9 Å². The molecule has 152 valence electrons. The van der Waals surface area contributed by atoms with Crippen LogP contribution in [0.1, 0.15) is 17.0 Å². The zero-order valence-electron chi connectivity index (χ0n) is 15.4. The Balaban J connectivity index is 1.91. The predicted molar refractivity (Wildman–Crippen MR) is 98.1 cm³/mol. The number of para-hydroxylation sites is 1. The number of benzene rings is 1. The van der Waals surface area contributed by atoms with Gasteiger partial charge in [-0.15, -0.1) is 10.2 Å². The number of alkyl halides is 3. The number of thioether (sulfide) groups is 1. The molecule has 1 heterocycles. The summed E-state index contributed by atoms with van der Waals surface area (Å²) in [6.07, 6.45) is -4.74. The van der Waals surface area contributed by atoms with E-state index in [4.69, 9.17) is 5.84 Å². The highest BCUT2D eigenvalue weighted by atomic mass is 32.2. The molecule has 0 aliphatic heterocycles. The minimum atomic E-state index is -4.74. The molecular weight excluding hydrogens is 397 g/mol. The average Bonchev–Trinajstić information content (AvgIpc) is 2.97. The van der Waals surface area contributed by atoms with E-state index in [9.17, 15) is 22.8 Å². The molecule has 0 saturated carbocycles. The van der Waals surface area contributed by atoms with Crippen molar-refractivity contribution < 1.29 is 22.8 Å². The second-order valence-electron chi connectivity index (χ2n) is 6.03. The summed E-state index contributed by atoms with van der Waals surface area (Å²) in [6.45, 7) is 3.49. The van der Waals surface area contributed by atoms with E-state index in [0.717, 1.165) is 16.0 Å². The third-order valence-corrected chi connectivity index (χ3v) is 4.72. The summed E-state index contributed by atoms with van der Waals surface area (Å²) in [4.78, 5) is 25.5. The maximum Gasteiger partial charge on any atom is 0.453 e. The topological polar surface area (TPSA) is 106 Å². The number of nitrogen functional groups attached to an aromatic ring is 1. The van der Waals surface area contributed by atoms with Crippen molar-refractivity contribution in [2.75, 3.05) is 30.5 Å². The van der Waals surface area contributed by atoms with Gasteiger partial charge in [0.1, 0.15) is 0 Å². The van der Waals surface area contributed by atoms with Crippen LogP contribution < -0.4 is 11.2 Å². The van der Waals surface area contributed by atoms with Crippen LogP contribution in [0.25, 0.3) is 0 Å². The molecule has 0 saturated heterocycles. The molecule has 0 bridgehead atoms. The Morgan fingerprint density at radius 3 is 2.39 bits per heavy atom. The van der Waals surface area contributed by atoms with Crippen molar-refractivity contribution in [1.82, 2.24) is 19.8 Å². The lowest BCUT2D eigenvalue weighted by Crippen LogP contribution is -2.36. The molecule has 0 spiro atoms. The Hall–Kier alpha value is -2.76. The third-order valence-electron chi connectivity index (χ3n) is 3.79. The highest BCUT2D eigenvalue weighted by Crippen LogP contribution is 2.28. The van der Waals surface area contributed by atoms with E-state index in [2.05, 4.69) is 15.5 Å². The van der Waals surface area contributed by atoms with Gasteiger partial charge >= 0.3 is 6.18 Å². The monoisotopic (exact) mass is 416 g/mol. The van der Waals surface area contributed by atoms with Crippen LogP contribution in [0, 0.1) is 13.8 Å². The van der Waals surface area contributed by atoms with E-state index in [1.54, 1.807) is 0 Å².